The number of hydrogen-bond acceptors (Lipinski definition) is 3. The van der Waals surface area contributed by atoms with Crippen LogP contribution in [-0.2, 0) is 10.0 Å². The van der Waals surface area contributed by atoms with Crippen molar-refractivity contribution in [1.82, 2.24) is 4.72 Å². The zero-order chi connectivity index (χ0) is 14.8. The molecule has 0 radical (unpaired) electrons. The maximum Gasteiger partial charge on any atom is 0.240 e. The van der Waals surface area contributed by atoms with Crippen LogP contribution in [0.15, 0.2) is 23.1 Å². The average molecular weight is 300 g/mol. The van der Waals surface area contributed by atoms with Crippen LogP contribution in [0.5, 0.6) is 0 Å². The van der Waals surface area contributed by atoms with Crippen molar-refractivity contribution in [3.63, 3.8) is 0 Å². The molecular weight excluding hydrogens is 279 g/mol. The highest BCUT2D eigenvalue weighted by atomic mass is 32.2. The fraction of sp³-hybridized carbons (Fsp3) is 0.571. The minimum Gasteiger partial charge on any atom is -0.399 e. The Hall–Kier alpha value is -1.14. The Morgan fingerprint density at radius 3 is 2.65 bits per heavy atom. The van der Waals surface area contributed by atoms with Gasteiger partial charge in [0.15, 0.2) is 0 Å². The molecule has 20 heavy (non-hydrogen) atoms. The first kappa shape index (κ1) is 15.3. The van der Waals surface area contributed by atoms with Crippen LogP contribution < -0.4 is 10.5 Å². The fourth-order valence-corrected chi connectivity index (χ4v) is 4.00. The van der Waals surface area contributed by atoms with E-state index in [-0.39, 0.29) is 16.6 Å². The molecule has 112 valence electrons. The molecule has 4 nitrogen and oxygen atoms in total. The van der Waals surface area contributed by atoms with E-state index in [9.17, 15) is 12.8 Å². The SMILES string of the molecule is CC1CCCC(NS(=O)(=O)c2cc(N)cc(F)c2)CC1. The fourth-order valence-electron chi connectivity index (χ4n) is 2.63. The lowest BCUT2D eigenvalue weighted by Crippen LogP contribution is -2.34. The van der Waals surface area contributed by atoms with Gasteiger partial charge in [0, 0.05) is 11.7 Å². The Morgan fingerprint density at radius 2 is 1.95 bits per heavy atom. The van der Waals surface area contributed by atoms with Gasteiger partial charge in [0.25, 0.3) is 0 Å². The highest BCUT2D eigenvalue weighted by Gasteiger charge is 2.23. The average Bonchev–Trinajstić information content (AvgIpc) is 2.53. The number of nitrogen functional groups attached to an aromatic ring is 1. The molecular formula is C14H21FN2O2S. The maximum absolute atomic E-state index is 13.3. The Morgan fingerprint density at radius 1 is 1.20 bits per heavy atom. The molecule has 1 aromatic carbocycles. The van der Waals surface area contributed by atoms with Crippen LogP contribution in [0, 0.1) is 11.7 Å². The minimum atomic E-state index is -3.71. The quantitative estimate of drug-likeness (QED) is 0.666. The van der Waals surface area contributed by atoms with E-state index in [0.29, 0.717) is 5.92 Å². The van der Waals surface area contributed by atoms with E-state index < -0.39 is 15.8 Å². The second kappa shape index (κ2) is 6.10. The first-order valence-corrected chi connectivity index (χ1v) is 8.43. The van der Waals surface area contributed by atoms with Gasteiger partial charge in [-0.05, 0) is 43.4 Å². The Bertz CT molecular complexity index is 554. The molecule has 0 aliphatic heterocycles. The lowest BCUT2D eigenvalue weighted by Gasteiger charge is -2.16. The summed E-state index contributed by atoms with van der Waals surface area (Å²) in [5.41, 5.74) is 5.61. The molecule has 1 aromatic rings. The molecule has 2 unspecified atom stereocenters. The summed E-state index contributed by atoms with van der Waals surface area (Å²) in [6, 6.07) is 3.31. The summed E-state index contributed by atoms with van der Waals surface area (Å²) >= 11 is 0. The van der Waals surface area contributed by atoms with Gasteiger partial charge in [0.1, 0.15) is 5.82 Å². The summed E-state index contributed by atoms with van der Waals surface area (Å²) in [4.78, 5) is -0.104. The van der Waals surface area contributed by atoms with Crippen LogP contribution in [0.1, 0.15) is 39.0 Å². The maximum atomic E-state index is 13.3. The summed E-state index contributed by atoms with van der Waals surface area (Å²) in [6.45, 7) is 2.18. The van der Waals surface area contributed by atoms with Crippen LogP contribution in [0.4, 0.5) is 10.1 Å². The van der Waals surface area contributed by atoms with Gasteiger partial charge in [0.2, 0.25) is 10.0 Å². The van der Waals surface area contributed by atoms with E-state index in [4.69, 9.17) is 5.73 Å². The number of hydrogen-bond donors (Lipinski definition) is 2. The number of halogens is 1. The van der Waals surface area contributed by atoms with Gasteiger partial charge < -0.3 is 5.73 Å². The van der Waals surface area contributed by atoms with E-state index >= 15 is 0 Å². The molecule has 0 saturated heterocycles. The molecule has 3 N–H and O–H groups in total. The number of nitrogens with one attached hydrogen (secondary N) is 1. The molecule has 0 spiro atoms. The third-order valence-corrected chi connectivity index (χ3v) is 5.28. The number of nitrogens with two attached hydrogens (primary N) is 1. The smallest absolute Gasteiger partial charge is 0.240 e. The van der Waals surface area contributed by atoms with Crippen LogP contribution in [0.25, 0.3) is 0 Å². The largest absolute Gasteiger partial charge is 0.399 e. The normalized spacial score (nSPS) is 24.3. The second-order valence-corrected chi connectivity index (χ2v) is 7.37. The van der Waals surface area contributed by atoms with Gasteiger partial charge in [0.05, 0.1) is 4.90 Å². The Balaban J connectivity index is 2.14. The third-order valence-electron chi connectivity index (χ3n) is 3.78. The summed E-state index contributed by atoms with van der Waals surface area (Å²) < 4.78 is 40.5. The lowest BCUT2D eigenvalue weighted by atomic mass is 10.0. The summed E-state index contributed by atoms with van der Waals surface area (Å²) in [5.74, 6) is -0.00539. The number of anilines is 1. The van der Waals surface area contributed by atoms with Crippen molar-refractivity contribution < 1.29 is 12.8 Å². The number of sulfonamides is 1. The first-order valence-electron chi connectivity index (χ1n) is 6.95. The molecule has 1 fully saturated rings. The Kier molecular flexibility index (Phi) is 4.65. The minimum absolute atomic E-state index is 0.0746. The molecule has 2 rings (SSSR count). The monoisotopic (exact) mass is 300 g/mol. The zero-order valence-electron chi connectivity index (χ0n) is 11.6. The van der Waals surface area contributed by atoms with Crippen molar-refractivity contribution in [3.05, 3.63) is 24.0 Å². The summed E-state index contributed by atoms with van der Waals surface area (Å²) in [6.07, 6.45) is 4.81. The van der Waals surface area contributed by atoms with Crippen molar-refractivity contribution >= 4 is 15.7 Å². The van der Waals surface area contributed by atoms with Crippen molar-refractivity contribution in [2.24, 2.45) is 5.92 Å². The van der Waals surface area contributed by atoms with E-state index in [0.717, 1.165) is 44.2 Å². The molecule has 2 atom stereocenters. The standard InChI is InChI=1S/C14H21FN2O2S/c1-10-3-2-4-13(6-5-10)17-20(18,19)14-8-11(15)7-12(16)9-14/h7-10,13,17H,2-6,16H2,1H3. The lowest BCUT2D eigenvalue weighted by molar-refractivity contribution is 0.484. The molecule has 0 heterocycles. The van der Waals surface area contributed by atoms with Gasteiger partial charge in [-0.3, -0.25) is 0 Å². The van der Waals surface area contributed by atoms with Gasteiger partial charge in [-0.2, -0.15) is 0 Å². The van der Waals surface area contributed by atoms with Gasteiger partial charge in [-0.15, -0.1) is 0 Å². The van der Waals surface area contributed by atoms with E-state index in [1.54, 1.807) is 0 Å². The molecule has 0 bridgehead atoms. The summed E-state index contributed by atoms with van der Waals surface area (Å²) in [5, 5.41) is 0. The zero-order valence-corrected chi connectivity index (χ0v) is 12.4. The second-order valence-electron chi connectivity index (χ2n) is 5.65. The van der Waals surface area contributed by atoms with Crippen LogP contribution in [0.2, 0.25) is 0 Å². The summed E-state index contributed by atoms with van der Waals surface area (Å²) in [7, 11) is -3.71. The molecule has 1 aliphatic rings. The van der Waals surface area contributed by atoms with Gasteiger partial charge in [-0.1, -0.05) is 19.8 Å². The highest BCUT2D eigenvalue weighted by Crippen LogP contribution is 2.24. The molecule has 0 aromatic heterocycles. The highest BCUT2D eigenvalue weighted by molar-refractivity contribution is 7.89. The molecule has 6 heteroatoms. The van der Waals surface area contributed by atoms with Crippen molar-refractivity contribution in [1.29, 1.82) is 0 Å². The van der Waals surface area contributed by atoms with E-state index in [1.807, 2.05) is 0 Å². The van der Waals surface area contributed by atoms with Crippen molar-refractivity contribution in [2.45, 2.75) is 50.0 Å². The van der Waals surface area contributed by atoms with E-state index in [2.05, 4.69) is 11.6 Å². The van der Waals surface area contributed by atoms with Gasteiger partial charge >= 0.3 is 0 Å². The molecule has 1 saturated carbocycles. The topological polar surface area (TPSA) is 72.2 Å². The van der Waals surface area contributed by atoms with Crippen molar-refractivity contribution in [2.75, 3.05) is 5.73 Å². The van der Waals surface area contributed by atoms with Gasteiger partial charge in [-0.25, -0.2) is 17.5 Å². The first-order chi connectivity index (χ1) is 9.37. The van der Waals surface area contributed by atoms with E-state index in [1.165, 1.54) is 6.07 Å². The number of rotatable bonds is 3. The van der Waals surface area contributed by atoms with Crippen LogP contribution >= 0.6 is 0 Å². The Labute approximate surface area is 119 Å². The van der Waals surface area contributed by atoms with Crippen molar-refractivity contribution in [3.8, 4) is 0 Å². The van der Waals surface area contributed by atoms with Crippen LogP contribution in [-0.4, -0.2) is 14.5 Å². The molecule has 0 amide bonds. The van der Waals surface area contributed by atoms with Crippen LogP contribution in [0.3, 0.4) is 0 Å². The third kappa shape index (κ3) is 3.93. The number of benzene rings is 1. The predicted molar refractivity (Wildman–Crippen MR) is 77.2 cm³/mol. The predicted octanol–water partition coefficient (Wildman–Crippen LogP) is 2.66. The molecule has 1 aliphatic carbocycles.